The van der Waals surface area contributed by atoms with Gasteiger partial charge in [-0.2, -0.15) is 0 Å². The fourth-order valence-corrected chi connectivity index (χ4v) is 2.69. The molecule has 0 unspecified atom stereocenters. The summed E-state index contributed by atoms with van der Waals surface area (Å²) < 4.78 is 5.34. The van der Waals surface area contributed by atoms with E-state index < -0.39 is 5.97 Å². The molecule has 2 heterocycles. The Kier molecular flexibility index (Phi) is 4.69. The number of benzene rings is 1. The maximum atomic E-state index is 11.0. The van der Waals surface area contributed by atoms with E-state index in [1.807, 2.05) is 24.3 Å². The van der Waals surface area contributed by atoms with Gasteiger partial charge in [0.25, 0.3) is 0 Å². The Morgan fingerprint density at radius 1 is 1.46 bits per heavy atom. The third-order valence-corrected chi connectivity index (χ3v) is 3.88. The quantitative estimate of drug-likeness (QED) is 0.868. The van der Waals surface area contributed by atoms with E-state index >= 15 is 0 Å². The van der Waals surface area contributed by atoms with Crippen LogP contribution in [0.15, 0.2) is 48.3 Å². The molecule has 1 aromatic carbocycles. The number of carboxylic acids is 1. The van der Waals surface area contributed by atoms with E-state index in [9.17, 15) is 4.79 Å². The molecule has 0 aliphatic carbocycles. The Morgan fingerprint density at radius 3 is 2.96 bits per heavy atom. The fraction of sp³-hybridized carbons (Fsp3) is 0.176. The molecule has 2 N–H and O–H groups in total. The van der Waals surface area contributed by atoms with E-state index in [1.54, 1.807) is 30.6 Å². The summed E-state index contributed by atoms with van der Waals surface area (Å²) in [6.45, 7) is 0.793. The van der Waals surface area contributed by atoms with Crippen LogP contribution in [0.25, 0.3) is 11.1 Å². The molecule has 1 aliphatic rings. The second-order valence-corrected chi connectivity index (χ2v) is 5.77. The van der Waals surface area contributed by atoms with E-state index in [0.29, 0.717) is 29.6 Å². The third-order valence-electron chi connectivity index (χ3n) is 3.65. The van der Waals surface area contributed by atoms with Gasteiger partial charge < -0.3 is 14.9 Å². The van der Waals surface area contributed by atoms with Gasteiger partial charge in [0.15, 0.2) is 0 Å². The zero-order valence-corrected chi connectivity index (χ0v) is 13.7. The zero-order valence-electron chi connectivity index (χ0n) is 13.0. The van der Waals surface area contributed by atoms with Gasteiger partial charge >= 0.3 is 5.97 Å². The molecule has 0 saturated carbocycles. The van der Waals surface area contributed by atoms with Crippen molar-refractivity contribution in [2.45, 2.75) is 6.54 Å². The second kappa shape index (κ2) is 6.90. The first-order chi connectivity index (χ1) is 11.6. The van der Waals surface area contributed by atoms with Crippen LogP contribution >= 0.6 is 11.6 Å². The van der Waals surface area contributed by atoms with Crippen LogP contribution in [0, 0.1) is 0 Å². The van der Waals surface area contributed by atoms with Crippen LogP contribution in [0.2, 0.25) is 5.02 Å². The van der Waals surface area contributed by atoms with Crippen LogP contribution in [0.4, 0.5) is 0 Å². The summed E-state index contributed by atoms with van der Waals surface area (Å²) >= 11 is 6.07. The van der Waals surface area contributed by atoms with Crippen LogP contribution in [-0.2, 0) is 11.3 Å². The number of aliphatic carboxylic acids is 1. The standard InChI is InChI=1S/C17H16ClN3O3/c1-24-16-15(12-3-2-4-14(18)6-12)5-11(7-19-16)9-21-10-13(8-20-21)17(22)23/h2-7,10,20H,8-9H2,1H3,(H,22,23). The molecule has 2 aromatic rings. The first-order valence-electron chi connectivity index (χ1n) is 7.30. The van der Waals surface area contributed by atoms with Crippen molar-refractivity contribution in [2.24, 2.45) is 0 Å². The highest BCUT2D eigenvalue weighted by Crippen LogP contribution is 2.30. The molecule has 0 amide bonds. The molecule has 0 atom stereocenters. The number of ether oxygens (including phenoxy) is 1. The van der Waals surface area contributed by atoms with Crippen molar-refractivity contribution in [2.75, 3.05) is 13.7 Å². The molecule has 0 bridgehead atoms. The zero-order chi connectivity index (χ0) is 17.1. The number of nitrogens with one attached hydrogen (secondary N) is 1. The normalized spacial score (nSPS) is 13.8. The summed E-state index contributed by atoms with van der Waals surface area (Å²) in [6.07, 6.45) is 3.30. The smallest absolute Gasteiger partial charge is 0.334 e. The number of hydrogen-bond acceptors (Lipinski definition) is 5. The Balaban J connectivity index is 1.88. The van der Waals surface area contributed by atoms with Gasteiger partial charge in [0.2, 0.25) is 5.88 Å². The predicted molar refractivity (Wildman–Crippen MR) is 90.5 cm³/mol. The van der Waals surface area contributed by atoms with Crippen molar-refractivity contribution in [3.63, 3.8) is 0 Å². The van der Waals surface area contributed by atoms with E-state index in [4.69, 9.17) is 21.4 Å². The molecule has 1 aromatic heterocycles. The largest absolute Gasteiger partial charge is 0.481 e. The third kappa shape index (κ3) is 3.50. The minimum absolute atomic E-state index is 0.306. The SMILES string of the molecule is COc1ncc(CN2C=C(C(=O)O)CN2)cc1-c1cccc(Cl)c1. The Bertz CT molecular complexity index is 807. The topological polar surface area (TPSA) is 74.7 Å². The molecule has 24 heavy (non-hydrogen) atoms. The molecular weight excluding hydrogens is 330 g/mol. The number of hydrazine groups is 1. The number of nitrogens with zero attached hydrogens (tertiary/aromatic N) is 2. The molecule has 124 valence electrons. The maximum absolute atomic E-state index is 11.0. The van der Waals surface area contributed by atoms with E-state index in [0.717, 1.165) is 16.7 Å². The van der Waals surface area contributed by atoms with Crippen LogP contribution in [0.3, 0.4) is 0 Å². The monoisotopic (exact) mass is 345 g/mol. The molecule has 3 rings (SSSR count). The van der Waals surface area contributed by atoms with Gasteiger partial charge in [0, 0.05) is 29.5 Å². The highest BCUT2D eigenvalue weighted by atomic mass is 35.5. The molecule has 7 heteroatoms. The second-order valence-electron chi connectivity index (χ2n) is 5.33. The summed E-state index contributed by atoms with van der Waals surface area (Å²) in [5, 5.41) is 11.4. The van der Waals surface area contributed by atoms with Crippen LogP contribution in [0.1, 0.15) is 5.56 Å². The summed E-state index contributed by atoms with van der Waals surface area (Å²) in [6, 6.07) is 9.42. The lowest BCUT2D eigenvalue weighted by atomic mass is 10.1. The van der Waals surface area contributed by atoms with Gasteiger partial charge in [-0.05, 0) is 29.3 Å². The highest BCUT2D eigenvalue weighted by molar-refractivity contribution is 6.30. The number of rotatable bonds is 5. The van der Waals surface area contributed by atoms with Gasteiger partial charge in [-0.1, -0.05) is 23.7 Å². The van der Waals surface area contributed by atoms with Crippen LogP contribution in [0.5, 0.6) is 5.88 Å². The molecule has 0 radical (unpaired) electrons. The van der Waals surface area contributed by atoms with E-state index in [-0.39, 0.29) is 0 Å². The van der Waals surface area contributed by atoms with Crippen molar-refractivity contribution in [3.8, 4) is 17.0 Å². The molecule has 0 fully saturated rings. The van der Waals surface area contributed by atoms with E-state index in [1.165, 1.54) is 0 Å². The molecule has 0 saturated heterocycles. The lowest BCUT2D eigenvalue weighted by Crippen LogP contribution is -2.28. The van der Waals surface area contributed by atoms with Gasteiger partial charge in [-0.25, -0.2) is 15.2 Å². The molecule has 1 aliphatic heterocycles. The minimum atomic E-state index is -0.919. The minimum Gasteiger partial charge on any atom is -0.481 e. The number of pyridine rings is 1. The van der Waals surface area contributed by atoms with Crippen molar-refractivity contribution in [3.05, 3.63) is 58.9 Å². The van der Waals surface area contributed by atoms with Crippen molar-refractivity contribution in [1.82, 2.24) is 15.4 Å². The van der Waals surface area contributed by atoms with E-state index in [2.05, 4.69) is 10.4 Å². The number of carbonyl (C=O) groups is 1. The van der Waals surface area contributed by atoms with Gasteiger partial charge in [0.05, 0.1) is 19.2 Å². The average Bonchev–Trinajstić information content (AvgIpc) is 3.03. The predicted octanol–water partition coefficient (Wildman–Crippen LogP) is 2.70. The number of halogens is 1. The van der Waals surface area contributed by atoms with Crippen LogP contribution in [-0.4, -0.2) is 34.7 Å². The average molecular weight is 346 g/mol. The fourth-order valence-electron chi connectivity index (χ4n) is 2.50. The summed E-state index contributed by atoms with van der Waals surface area (Å²) in [7, 11) is 1.57. The highest BCUT2D eigenvalue weighted by Gasteiger charge is 2.18. The van der Waals surface area contributed by atoms with Gasteiger partial charge in [-0.15, -0.1) is 0 Å². The van der Waals surface area contributed by atoms with Crippen LogP contribution < -0.4 is 10.2 Å². The van der Waals surface area contributed by atoms with Crippen molar-refractivity contribution >= 4 is 17.6 Å². The van der Waals surface area contributed by atoms with Gasteiger partial charge in [-0.3, -0.25) is 0 Å². The Labute approximate surface area is 144 Å². The first-order valence-corrected chi connectivity index (χ1v) is 7.67. The number of carboxylic acid groups (broad SMARTS) is 1. The first kappa shape index (κ1) is 16.3. The molecule has 6 nitrogen and oxygen atoms in total. The molecular formula is C17H16ClN3O3. The molecule has 0 spiro atoms. The Hall–Kier alpha value is -2.57. The Morgan fingerprint density at radius 2 is 2.29 bits per heavy atom. The van der Waals surface area contributed by atoms with Crippen molar-refractivity contribution in [1.29, 1.82) is 0 Å². The summed E-state index contributed by atoms with van der Waals surface area (Å²) in [5.41, 5.74) is 6.00. The summed E-state index contributed by atoms with van der Waals surface area (Å²) in [5.74, 6) is -0.408. The lowest BCUT2D eigenvalue weighted by molar-refractivity contribution is -0.132. The van der Waals surface area contributed by atoms with Crippen molar-refractivity contribution < 1.29 is 14.6 Å². The lowest BCUT2D eigenvalue weighted by Gasteiger charge is -2.17. The number of aromatic nitrogens is 1. The maximum Gasteiger partial charge on any atom is 0.334 e. The van der Waals surface area contributed by atoms with Gasteiger partial charge in [0.1, 0.15) is 0 Å². The number of hydrogen-bond donors (Lipinski definition) is 2. The summed E-state index contributed by atoms with van der Waals surface area (Å²) in [4.78, 5) is 15.3. The number of methoxy groups -OCH3 is 1.